The molecule has 0 unspecified atom stereocenters. The highest BCUT2D eigenvalue weighted by Gasteiger charge is 2.04. The van der Waals surface area contributed by atoms with Gasteiger partial charge in [0, 0.05) is 30.1 Å². The first-order chi connectivity index (χ1) is 12.7. The predicted octanol–water partition coefficient (Wildman–Crippen LogP) is 3.38. The Morgan fingerprint density at radius 2 is 1.96 bits per heavy atom. The molecule has 3 nitrogen and oxygen atoms in total. The first kappa shape index (κ1) is 20.0. The molecule has 1 aromatic carbocycles. The van der Waals surface area contributed by atoms with Crippen molar-refractivity contribution in [1.29, 1.82) is 0 Å². The standard InChI is InChI=1S/C22H28N3S/c1-4-19(14-15-23-2)8-9-20-10-12-21(13-11-20)24-16-18-26-22-7-5-6-17-25(22)3/h4-15,17,23-24H,16,18H2,1-3H3/q+1/p+1/b9-8+,15-14-,19-4-. The van der Waals surface area contributed by atoms with E-state index >= 15 is 0 Å². The molecule has 1 aromatic heterocycles. The smallest absolute Gasteiger partial charge is 0.239 e. The number of allylic oxidation sites excluding steroid dienone is 4. The van der Waals surface area contributed by atoms with Gasteiger partial charge in [-0.15, -0.1) is 0 Å². The van der Waals surface area contributed by atoms with E-state index in [-0.39, 0.29) is 0 Å². The molecule has 0 aliphatic carbocycles. The third-order valence-corrected chi connectivity index (χ3v) is 5.01. The van der Waals surface area contributed by atoms with E-state index in [0.717, 1.165) is 18.0 Å². The number of thioether (sulfide) groups is 1. The number of anilines is 1. The molecule has 0 atom stereocenters. The molecule has 0 spiro atoms. The normalized spacial score (nSPS) is 12.2. The lowest BCUT2D eigenvalue weighted by Gasteiger charge is -2.06. The van der Waals surface area contributed by atoms with Crippen molar-refractivity contribution >= 4 is 23.5 Å². The Morgan fingerprint density at radius 3 is 2.65 bits per heavy atom. The third kappa shape index (κ3) is 6.90. The van der Waals surface area contributed by atoms with Crippen LogP contribution in [-0.2, 0) is 7.05 Å². The zero-order valence-electron chi connectivity index (χ0n) is 15.9. The summed E-state index contributed by atoms with van der Waals surface area (Å²) in [6.07, 6.45) is 12.6. The Balaban J connectivity index is 1.80. The minimum atomic E-state index is 0.940. The molecule has 0 radical (unpaired) electrons. The number of rotatable bonds is 9. The number of hydrogen-bond acceptors (Lipinski definition) is 2. The van der Waals surface area contributed by atoms with Crippen molar-refractivity contribution in [2.75, 3.05) is 24.7 Å². The van der Waals surface area contributed by atoms with Crippen molar-refractivity contribution in [2.24, 2.45) is 7.05 Å². The summed E-state index contributed by atoms with van der Waals surface area (Å²) < 4.78 is 2.15. The number of nitrogens with one attached hydrogen (secondary N) is 1. The number of nitrogens with two attached hydrogens (primary N) is 1. The van der Waals surface area contributed by atoms with Crippen LogP contribution in [0.4, 0.5) is 5.69 Å². The number of quaternary nitrogens is 1. The maximum absolute atomic E-state index is 3.48. The van der Waals surface area contributed by atoms with Gasteiger partial charge in [-0.3, -0.25) is 0 Å². The Labute approximate surface area is 161 Å². The summed E-state index contributed by atoms with van der Waals surface area (Å²) >= 11 is 1.86. The molecule has 26 heavy (non-hydrogen) atoms. The second-order valence-corrected chi connectivity index (χ2v) is 6.98. The van der Waals surface area contributed by atoms with E-state index in [1.54, 1.807) is 0 Å². The van der Waals surface area contributed by atoms with Crippen LogP contribution in [0.2, 0.25) is 0 Å². The van der Waals surface area contributed by atoms with Gasteiger partial charge in [-0.25, -0.2) is 0 Å². The molecule has 1 heterocycles. The topological polar surface area (TPSA) is 32.5 Å². The zero-order valence-corrected chi connectivity index (χ0v) is 16.7. The van der Waals surface area contributed by atoms with E-state index in [9.17, 15) is 0 Å². The molecular weight excluding hydrogens is 338 g/mol. The largest absolute Gasteiger partial charge is 0.384 e. The van der Waals surface area contributed by atoms with Crippen molar-refractivity contribution in [3.63, 3.8) is 0 Å². The second-order valence-electron chi connectivity index (χ2n) is 5.86. The molecule has 136 valence electrons. The van der Waals surface area contributed by atoms with Gasteiger partial charge in [-0.1, -0.05) is 42.1 Å². The first-order valence-electron chi connectivity index (χ1n) is 8.94. The summed E-state index contributed by atoms with van der Waals surface area (Å²) in [5, 5.41) is 6.80. The van der Waals surface area contributed by atoms with E-state index in [0.29, 0.717) is 0 Å². The number of nitrogens with zero attached hydrogens (tertiary/aromatic N) is 1. The SMILES string of the molecule is C/C=C(\C=C/[NH2+]C)/C=C/c1ccc(NCCSc2cccc[n+]2C)cc1. The minimum absolute atomic E-state index is 0.940. The van der Waals surface area contributed by atoms with Gasteiger partial charge in [0.1, 0.15) is 7.05 Å². The van der Waals surface area contributed by atoms with Gasteiger partial charge in [0.15, 0.2) is 6.20 Å². The van der Waals surface area contributed by atoms with Gasteiger partial charge in [0.25, 0.3) is 0 Å². The number of aryl methyl sites for hydroxylation is 1. The van der Waals surface area contributed by atoms with Gasteiger partial charge >= 0.3 is 0 Å². The summed E-state index contributed by atoms with van der Waals surface area (Å²) in [4.78, 5) is 0. The maximum atomic E-state index is 3.48. The summed E-state index contributed by atoms with van der Waals surface area (Å²) in [6.45, 7) is 3.00. The van der Waals surface area contributed by atoms with Crippen molar-refractivity contribution in [3.05, 3.63) is 84.2 Å². The molecule has 2 rings (SSSR count). The molecule has 0 amide bonds. The lowest BCUT2D eigenvalue weighted by atomic mass is 10.1. The number of pyridine rings is 1. The fourth-order valence-corrected chi connectivity index (χ4v) is 3.22. The highest BCUT2D eigenvalue weighted by Crippen LogP contribution is 2.14. The zero-order chi connectivity index (χ0) is 18.6. The Kier molecular flexibility index (Phi) is 8.73. The summed E-state index contributed by atoms with van der Waals surface area (Å²) in [7, 11) is 4.11. The summed E-state index contributed by atoms with van der Waals surface area (Å²) in [5.41, 5.74) is 3.57. The highest BCUT2D eigenvalue weighted by atomic mass is 32.2. The first-order valence-corrected chi connectivity index (χ1v) is 9.93. The fraction of sp³-hybridized carbons (Fsp3) is 0.227. The van der Waals surface area contributed by atoms with Crippen LogP contribution in [0.25, 0.3) is 6.08 Å². The van der Waals surface area contributed by atoms with Crippen LogP contribution in [0, 0.1) is 0 Å². The van der Waals surface area contributed by atoms with Crippen molar-refractivity contribution in [1.82, 2.24) is 0 Å². The van der Waals surface area contributed by atoms with Crippen LogP contribution in [0.3, 0.4) is 0 Å². The molecule has 0 bridgehead atoms. The highest BCUT2D eigenvalue weighted by molar-refractivity contribution is 7.99. The van der Waals surface area contributed by atoms with Crippen molar-refractivity contribution in [3.8, 4) is 0 Å². The minimum Gasteiger partial charge on any atom is -0.384 e. The average Bonchev–Trinajstić information content (AvgIpc) is 2.67. The van der Waals surface area contributed by atoms with Crippen LogP contribution in [0.5, 0.6) is 0 Å². The van der Waals surface area contributed by atoms with E-state index < -0.39 is 0 Å². The fourth-order valence-electron chi connectivity index (χ4n) is 2.37. The van der Waals surface area contributed by atoms with Crippen LogP contribution < -0.4 is 15.2 Å². The molecule has 4 heteroatoms. The van der Waals surface area contributed by atoms with E-state index in [2.05, 4.69) is 103 Å². The van der Waals surface area contributed by atoms with Crippen molar-refractivity contribution in [2.45, 2.75) is 11.9 Å². The summed E-state index contributed by atoms with van der Waals surface area (Å²) in [6, 6.07) is 14.8. The van der Waals surface area contributed by atoms with Crippen LogP contribution in [0.15, 0.2) is 83.7 Å². The lowest BCUT2D eigenvalue weighted by molar-refractivity contribution is -0.708. The second kappa shape index (κ2) is 11.3. The number of hydrogen-bond donors (Lipinski definition) is 2. The van der Waals surface area contributed by atoms with E-state index in [1.807, 2.05) is 24.1 Å². The van der Waals surface area contributed by atoms with Gasteiger partial charge < -0.3 is 10.6 Å². The average molecular weight is 368 g/mol. The number of aromatic nitrogens is 1. The van der Waals surface area contributed by atoms with E-state index in [4.69, 9.17) is 0 Å². The molecule has 3 N–H and O–H groups in total. The third-order valence-electron chi connectivity index (χ3n) is 3.88. The monoisotopic (exact) mass is 367 g/mol. The Hall–Kier alpha value is -2.30. The molecule has 0 saturated heterocycles. The van der Waals surface area contributed by atoms with Gasteiger partial charge in [-0.05, 0) is 42.3 Å². The quantitative estimate of drug-likeness (QED) is 0.308. The van der Waals surface area contributed by atoms with E-state index in [1.165, 1.54) is 16.2 Å². The van der Waals surface area contributed by atoms with Crippen molar-refractivity contribution < 1.29 is 9.88 Å². The lowest BCUT2D eigenvalue weighted by Crippen LogP contribution is -2.72. The Bertz CT molecular complexity index is 761. The maximum Gasteiger partial charge on any atom is 0.239 e. The predicted molar refractivity (Wildman–Crippen MR) is 113 cm³/mol. The molecule has 0 fully saturated rings. The number of benzene rings is 1. The van der Waals surface area contributed by atoms with Crippen LogP contribution in [0.1, 0.15) is 12.5 Å². The van der Waals surface area contributed by atoms with Crippen LogP contribution in [-0.4, -0.2) is 19.3 Å². The molecule has 0 aliphatic rings. The summed E-state index contributed by atoms with van der Waals surface area (Å²) in [5.74, 6) is 1.03. The molecule has 0 aliphatic heterocycles. The molecule has 2 aromatic rings. The van der Waals surface area contributed by atoms with Gasteiger partial charge in [-0.2, -0.15) is 4.57 Å². The van der Waals surface area contributed by atoms with Gasteiger partial charge in [0.2, 0.25) is 5.03 Å². The molecule has 0 saturated carbocycles. The Morgan fingerprint density at radius 1 is 1.15 bits per heavy atom. The molecular formula is C22H29N3S+2. The van der Waals surface area contributed by atoms with Crippen LogP contribution >= 0.6 is 11.8 Å². The van der Waals surface area contributed by atoms with Gasteiger partial charge in [0.05, 0.1) is 13.2 Å².